The Morgan fingerprint density at radius 1 is 1.20 bits per heavy atom. The van der Waals surface area contributed by atoms with Crippen molar-refractivity contribution in [2.75, 3.05) is 0 Å². The predicted octanol–water partition coefficient (Wildman–Crippen LogP) is 1.39. The highest BCUT2D eigenvalue weighted by Crippen LogP contribution is 2.34. The zero-order valence-corrected chi connectivity index (χ0v) is 10.8. The molecule has 0 atom stereocenters. The summed E-state index contributed by atoms with van der Waals surface area (Å²) in [5.74, 6) is -6.73. The van der Waals surface area contributed by atoms with Crippen LogP contribution in [0.1, 0.15) is 19.3 Å². The number of carbonyl (C=O) groups is 1. The SMILES string of the molecule is O=C(O)C1(NS(=O)(=O)c2ccc(F)c(F)c2F)CCC1. The van der Waals surface area contributed by atoms with E-state index < -0.39 is 43.9 Å². The Kier molecular flexibility index (Phi) is 3.51. The van der Waals surface area contributed by atoms with E-state index in [4.69, 9.17) is 5.11 Å². The summed E-state index contributed by atoms with van der Waals surface area (Å²) in [6.45, 7) is 0. The van der Waals surface area contributed by atoms with Gasteiger partial charge in [-0.05, 0) is 31.4 Å². The number of halogens is 3. The summed E-state index contributed by atoms with van der Waals surface area (Å²) in [6, 6.07) is 1.01. The van der Waals surface area contributed by atoms with Gasteiger partial charge in [0.05, 0.1) is 0 Å². The summed E-state index contributed by atoms with van der Waals surface area (Å²) in [5, 5.41) is 9.01. The number of rotatable bonds is 4. The molecule has 0 unspecified atom stereocenters. The molecule has 20 heavy (non-hydrogen) atoms. The standard InChI is InChI=1S/C11H10F3NO4S/c12-6-2-3-7(9(14)8(6)13)20(18,19)15-11(10(16)17)4-1-5-11/h2-3,15H,1,4-5H2,(H,16,17). The van der Waals surface area contributed by atoms with Crippen molar-refractivity contribution in [1.82, 2.24) is 4.72 Å². The Bertz CT molecular complexity index is 670. The lowest BCUT2D eigenvalue weighted by atomic mass is 9.78. The van der Waals surface area contributed by atoms with Crippen molar-refractivity contribution in [3.8, 4) is 0 Å². The third kappa shape index (κ3) is 2.27. The van der Waals surface area contributed by atoms with E-state index in [1.165, 1.54) is 0 Å². The van der Waals surface area contributed by atoms with Crippen LogP contribution in [0.3, 0.4) is 0 Å². The molecule has 0 aromatic heterocycles. The third-order valence-corrected chi connectivity index (χ3v) is 4.79. The normalized spacial score (nSPS) is 17.6. The summed E-state index contributed by atoms with van der Waals surface area (Å²) in [7, 11) is -4.61. The van der Waals surface area contributed by atoms with Crippen LogP contribution < -0.4 is 4.72 Å². The van der Waals surface area contributed by atoms with Crippen LogP contribution in [0.5, 0.6) is 0 Å². The number of sulfonamides is 1. The quantitative estimate of drug-likeness (QED) is 0.823. The fourth-order valence-electron chi connectivity index (χ4n) is 1.92. The molecule has 1 saturated carbocycles. The highest BCUT2D eigenvalue weighted by atomic mass is 32.2. The van der Waals surface area contributed by atoms with Crippen molar-refractivity contribution in [1.29, 1.82) is 0 Å². The van der Waals surface area contributed by atoms with Gasteiger partial charge in [0.15, 0.2) is 17.5 Å². The lowest BCUT2D eigenvalue weighted by Gasteiger charge is -2.37. The zero-order chi connectivity index (χ0) is 15.1. The highest BCUT2D eigenvalue weighted by Gasteiger charge is 2.48. The van der Waals surface area contributed by atoms with Gasteiger partial charge in [0.1, 0.15) is 10.4 Å². The maximum atomic E-state index is 13.5. The molecule has 1 aromatic rings. The first-order valence-electron chi connectivity index (χ1n) is 5.60. The summed E-state index contributed by atoms with van der Waals surface area (Å²) < 4.78 is 65.0. The van der Waals surface area contributed by atoms with Gasteiger partial charge in [-0.25, -0.2) is 21.6 Å². The Balaban J connectivity index is 2.42. The van der Waals surface area contributed by atoms with Gasteiger partial charge >= 0.3 is 5.97 Å². The molecule has 9 heteroatoms. The fraction of sp³-hybridized carbons (Fsp3) is 0.364. The van der Waals surface area contributed by atoms with Crippen LogP contribution in [0, 0.1) is 17.5 Å². The molecule has 2 N–H and O–H groups in total. The van der Waals surface area contributed by atoms with Crippen LogP contribution in [-0.2, 0) is 14.8 Å². The van der Waals surface area contributed by atoms with Crippen molar-refractivity contribution in [2.45, 2.75) is 29.7 Å². The van der Waals surface area contributed by atoms with Crippen LogP contribution in [0.2, 0.25) is 0 Å². The molecule has 0 amide bonds. The van der Waals surface area contributed by atoms with Crippen molar-refractivity contribution < 1.29 is 31.5 Å². The van der Waals surface area contributed by atoms with Crippen LogP contribution in [0.4, 0.5) is 13.2 Å². The smallest absolute Gasteiger partial charge is 0.324 e. The van der Waals surface area contributed by atoms with E-state index in [1.807, 2.05) is 4.72 Å². The molecule has 0 heterocycles. The Morgan fingerprint density at radius 2 is 1.80 bits per heavy atom. The fourth-order valence-corrected chi connectivity index (χ4v) is 3.41. The van der Waals surface area contributed by atoms with Gasteiger partial charge in [0, 0.05) is 0 Å². The monoisotopic (exact) mass is 309 g/mol. The Labute approximate surface area is 112 Å². The van der Waals surface area contributed by atoms with Gasteiger partial charge in [-0.1, -0.05) is 0 Å². The highest BCUT2D eigenvalue weighted by molar-refractivity contribution is 7.89. The molecule has 110 valence electrons. The molecular formula is C11H10F3NO4S. The van der Waals surface area contributed by atoms with Crippen molar-refractivity contribution in [3.63, 3.8) is 0 Å². The molecule has 0 saturated heterocycles. The largest absolute Gasteiger partial charge is 0.480 e. The molecule has 0 radical (unpaired) electrons. The zero-order valence-electron chi connectivity index (χ0n) is 9.99. The first-order chi connectivity index (χ1) is 9.19. The summed E-state index contributed by atoms with van der Waals surface area (Å²) in [6.07, 6.45) is 0.592. The lowest BCUT2D eigenvalue weighted by Crippen LogP contribution is -2.59. The van der Waals surface area contributed by atoms with E-state index in [0.717, 1.165) is 0 Å². The van der Waals surface area contributed by atoms with Crippen LogP contribution in [0.25, 0.3) is 0 Å². The molecule has 1 fully saturated rings. The number of benzene rings is 1. The van der Waals surface area contributed by atoms with E-state index in [2.05, 4.69) is 0 Å². The topological polar surface area (TPSA) is 83.5 Å². The molecule has 2 rings (SSSR count). The van der Waals surface area contributed by atoms with Crippen LogP contribution >= 0.6 is 0 Å². The van der Waals surface area contributed by atoms with E-state index in [1.54, 1.807) is 0 Å². The van der Waals surface area contributed by atoms with Gasteiger partial charge in [0.2, 0.25) is 10.0 Å². The first-order valence-corrected chi connectivity index (χ1v) is 7.09. The molecule has 0 aliphatic heterocycles. The van der Waals surface area contributed by atoms with E-state index >= 15 is 0 Å². The maximum Gasteiger partial charge on any atom is 0.324 e. The summed E-state index contributed by atoms with van der Waals surface area (Å²) in [5.41, 5.74) is -1.71. The van der Waals surface area contributed by atoms with Gasteiger partial charge in [-0.3, -0.25) is 4.79 Å². The molecule has 0 bridgehead atoms. The lowest BCUT2D eigenvalue weighted by molar-refractivity contribution is -0.147. The van der Waals surface area contributed by atoms with E-state index in [9.17, 15) is 26.4 Å². The van der Waals surface area contributed by atoms with Crippen molar-refractivity contribution in [3.05, 3.63) is 29.6 Å². The van der Waals surface area contributed by atoms with Crippen molar-refractivity contribution >= 4 is 16.0 Å². The average molecular weight is 309 g/mol. The Hall–Kier alpha value is -1.61. The van der Waals surface area contributed by atoms with Crippen LogP contribution in [0.15, 0.2) is 17.0 Å². The Morgan fingerprint density at radius 3 is 2.25 bits per heavy atom. The number of carboxylic acids is 1. The van der Waals surface area contributed by atoms with E-state index in [-0.39, 0.29) is 12.8 Å². The van der Waals surface area contributed by atoms with Gasteiger partial charge < -0.3 is 5.11 Å². The molecule has 1 aliphatic carbocycles. The van der Waals surface area contributed by atoms with E-state index in [0.29, 0.717) is 18.6 Å². The molecule has 1 aliphatic rings. The number of hydrogen-bond donors (Lipinski definition) is 2. The van der Waals surface area contributed by atoms with Gasteiger partial charge in [-0.15, -0.1) is 0 Å². The second kappa shape index (κ2) is 4.74. The number of aliphatic carboxylic acids is 1. The molecule has 1 aromatic carbocycles. The predicted molar refractivity (Wildman–Crippen MR) is 60.9 cm³/mol. The summed E-state index contributed by atoms with van der Waals surface area (Å²) >= 11 is 0. The number of nitrogens with one attached hydrogen (secondary N) is 1. The average Bonchev–Trinajstić information content (AvgIpc) is 2.30. The number of hydrogen-bond acceptors (Lipinski definition) is 3. The molecular weight excluding hydrogens is 299 g/mol. The minimum absolute atomic E-state index is 0.0485. The minimum Gasteiger partial charge on any atom is -0.480 e. The molecule has 0 spiro atoms. The van der Waals surface area contributed by atoms with Crippen molar-refractivity contribution in [2.24, 2.45) is 0 Å². The van der Waals surface area contributed by atoms with Gasteiger partial charge in [-0.2, -0.15) is 4.72 Å². The van der Waals surface area contributed by atoms with Gasteiger partial charge in [0.25, 0.3) is 0 Å². The molecule has 5 nitrogen and oxygen atoms in total. The number of carboxylic acid groups (broad SMARTS) is 1. The first kappa shape index (κ1) is 14.8. The third-order valence-electron chi connectivity index (χ3n) is 3.24. The summed E-state index contributed by atoms with van der Waals surface area (Å²) in [4.78, 5) is 9.94. The van der Waals surface area contributed by atoms with Crippen LogP contribution in [-0.4, -0.2) is 25.0 Å². The minimum atomic E-state index is -4.61. The second-order valence-corrected chi connectivity index (χ2v) is 6.17. The maximum absolute atomic E-state index is 13.5. The second-order valence-electron chi connectivity index (χ2n) is 4.52.